The molecular weight excluding hydrogens is 286 g/mol. The van der Waals surface area contributed by atoms with E-state index in [2.05, 4.69) is 48.1 Å². The predicted molar refractivity (Wildman–Crippen MR) is 75.0 cm³/mol. The lowest BCUT2D eigenvalue weighted by molar-refractivity contribution is 0.438. The van der Waals surface area contributed by atoms with Crippen LogP contribution in [0, 0.1) is 5.92 Å². The first-order valence-electron chi connectivity index (χ1n) is 5.73. The fourth-order valence-electron chi connectivity index (χ4n) is 1.78. The van der Waals surface area contributed by atoms with Crippen LogP contribution in [0.2, 0.25) is 5.02 Å². The Kier molecular flexibility index (Phi) is 5.81. The first-order chi connectivity index (χ1) is 7.54. The van der Waals surface area contributed by atoms with E-state index in [0.29, 0.717) is 12.0 Å². The van der Waals surface area contributed by atoms with E-state index in [-0.39, 0.29) is 0 Å². The largest absolute Gasteiger partial charge is 0.310 e. The molecule has 0 spiro atoms. The van der Waals surface area contributed by atoms with Gasteiger partial charge in [0, 0.05) is 10.5 Å². The van der Waals surface area contributed by atoms with Gasteiger partial charge in [-0.2, -0.15) is 0 Å². The van der Waals surface area contributed by atoms with Crippen LogP contribution in [0.1, 0.15) is 38.8 Å². The Morgan fingerprint density at radius 3 is 2.56 bits per heavy atom. The molecule has 1 aromatic rings. The van der Waals surface area contributed by atoms with Crippen molar-refractivity contribution in [3.63, 3.8) is 0 Å². The molecule has 0 aliphatic carbocycles. The molecule has 1 rings (SSSR count). The van der Waals surface area contributed by atoms with Crippen molar-refractivity contribution in [3.05, 3.63) is 33.3 Å². The molecule has 1 atom stereocenters. The number of rotatable bonds is 5. The molecule has 0 fully saturated rings. The number of benzene rings is 1. The third-order valence-electron chi connectivity index (χ3n) is 2.50. The molecule has 90 valence electrons. The van der Waals surface area contributed by atoms with Crippen molar-refractivity contribution < 1.29 is 0 Å². The van der Waals surface area contributed by atoms with Crippen LogP contribution >= 0.6 is 27.5 Å². The zero-order chi connectivity index (χ0) is 12.1. The zero-order valence-corrected chi connectivity index (χ0v) is 12.4. The van der Waals surface area contributed by atoms with E-state index in [1.165, 1.54) is 5.56 Å². The lowest BCUT2D eigenvalue weighted by Crippen LogP contribution is -2.22. The summed E-state index contributed by atoms with van der Waals surface area (Å²) in [5.41, 5.74) is 1.27. The molecule has 0 bridgehead atoms. The van der Waals surface area contributed by atoms with Gasteiger partial charge in [-0.15, -0.1) is 0 Å². The van der Waals surface area contributed by atoms with Crippen molar-refractivity contribution in [2.75, 3.05) is 6.54 Å². The minimum Gasteiger partial charge on any atom is -0.310 e. The van der Waals surface area contributed by atoms with E-state index >= 15 is 0 Å². The second kappa shape index (κ2) is 6.63. The van der Waals surface area contributed by atoms with Gasteiger partial charge in [-0.25, -0.2) is 0 Å². The molecule has 16 heavy (non-hydrogen) atoms. The van der Waals surface area contributed by atoms with Gasteiger partial charge in [-0.3, -0.25) is 0 Å². The van der Waals surface area contributed by atoms with Gasteiger partial charge in [0.1, 0.15) is 0 Å². The molecule has 1 unspecified atom stereocenters. The highest BCUT2D eigenvalue weighted by atomic mass is 79.9. The Morgan fingerprint density at radius 1 is 1.38 bits per heavy atom. The highest BCUT2D eigenvalue weighted by Gasteiger charge is 2.13. The van der Waals surface area contributed by atoms with Crippen molar-refractivity contribution in [3.8, 4) is 0 Å². The molecule has 0 saturated heterocycles. The van der Waals surface area contributed by atoms with E-state index in [1.54, 1.807) is 0 Å². The van der Waals surface area contributed by atoms with Gasteiger partial charge < -0.3 is 5.32 Å². The van der Waals surface area contributed by atoms with Crippen LogP contribution in [-0.2, 0) is 0 Å². The summed E-state index contributed by atoms with van der Waals surface area (Å²) >= 11 is 9.54. The molecule has 1 N–H and O–H groups in total. The maximum atomic E-state index is 6.12. The minimum absolute atomic E-state index is 0.399. The van der Waals surface area contributed by atoms with Crippen molar-refractivity contribution in [2.24, 2.45) is 5.92 Å². The topological polar surface area (TPSA) is 12.0 Å². The van der Waals surface area contributed by atoms with Crippen LogP contribution in [0.5, 0.6) is 0 Å². The number of hydrogen-bond acceptors (Lipinski definition) is 1. The second-order valence-corrected chi connectivity index (χ2v) is 5.67. The standard InChI is InChI=1S/C13H19BrClN/c1-4-16-13(7-9(2)3)10-5-6-11(14)12(15)8-10/h5-6,8-9,13,16H,4,7H2,1-3H3. The van der Waals surface area contributed by atoms with Crippen molar-refractivity contribution in [1.82, 2.24) is 5.32 Å². The summed E-state index contributed by atoms with van der Waals surface area (Å²) in [5, 5.41) is 4.28. The van der Waals surface area contributed by atoms with Gasteiger partial charge in [0.2, 0.25) is 0 Å². The average molecular weight is 305 g/mol. The summed E-state index contributed by atoms with van der Waals surface area (Å²) in [7, 11) is 0. The summed E-state index contributed by atoms with van der Waals surface area (Å²) in [6.07, 6.45) is 1.13. The van der Waals surface area contributed by atoms with E-state index in [4.69, 9.17) is 11.6 Å². The zero-order valence-electron chi connectivity index (χ0n) is 10.1. The van der Waals surface area contributed by atoms with E-state index in [9.17, 15) is 0 Å². The van der Waals surface area contributed by atoms with Crippen LogP contribution in [-0.4, -0.2) is 6.54 Å². The maximum Gasteiger partial charge on any atom is 0.0551 e. The summed E-state index contributed by atoms with van der Waals surface area (Å²) in [6, 6.07) is 6.59. The number of hydrogen-bond donors (Lipinski definition) is 1. The molecule has 1 aromatic carbocycles. The van der Waals surface area contributed by atoms with Gasteiger partial charge >= 0.3 is 0 Å². The van der Waals surface area contributed by atoms with Gasteiger partial charge in [0.15, 0.2) is 0 Å². The average Bonchev–Trinajstić information content (AvgIpc) is 2.21. The van der Waals surface area contributed by atoms with Crippen molar-refractivity contribution >= 4 is 27.5 Å². The summed E-state index contributed by atoms with van der Waals surface area (Å²) in [6.45, 7) is 7.59. The Balaban J connectivity index is 2.87. The van der Waals surface area contributed by atoms with Gasteiger partial charge in [0.05, 0.1) is 5.02 Å². The monoisotopic (exact) mass is 303 g/mol. The fourth-order valence-corrected chi connectivity index (χ4v) is 2.22. The third-order valence-corrected chi connectivity index (χ3v) is 3.74. The molecule has 0 saturated carbocycles. The molecule has 0 aromatic heterocycles. The molecule has 0 radical (unpaired) electrons. The SMILES string of the molecule is CCNC(CC(C)C)c1ccc(Br)c(Cl)c1. The highest BCUT2D eigenvalue weighted by molar-refractivity contribution is 9.10. The molecule has 0 heterocycles. The molecule has 0 aliphatic heterocycles. The Hall–Kier alpha value is -0.0500. The van der Waals surface area contributed by atoms with E-state index in [0.717, 1.165) is 22.5 Å². The quantitative estimate of drug-likeness (QED) is 0.824. The highest BCUT2D eigenvalue weighted by Crippen LogP contribution is 2.28. The normalized spacial score (nSPS) is 13.1. The van der Waals surface area contributed by atoms with Gasteiger partial charge in [-0.1, -0.05) is 38.4 Å². The lowest BCUT2D eigenvalue weighted by atomic mass is 9.97. The molecule has 0 amide bonds. The predicted octanol–water partition coefficient (Wildman–Crippen LogP) is 4.80. The molecular formula is C13H19BrClN. The minimum atomic E-state index is 0.399. The summed E-state index contributed by atoms with van der Waals surface area (Å²) < 4.78 is 0.956. The van der Waals surface area contributed by atoms with E-state index < -0.39 is 0 Å². The summed E-state index contributed by atoms with van der Waals surface area (Å²) in [5.74, 6) is 0.673. The van der Waals surface area contributed by atoms with Crippen molar-refractivity contribution in [1.29, 1.82) is 0 Å². The fraction of sp³-hybridized carbons (Fsp3) is 0.538. The Bertz CT molecular complexity index is 339. The molecule has 3 heteroatoms. The Morgan fingerprint density at radius 2 is 2.06 bits per heavy atom. The van der Waals surface area contributed by atoms with E-state index in [1.807, 2.05) is 12.1 Å². The van der Waals surface area contributed by atoms with Crippen LogP contribution in [0.25, 0.3) is 0 Å². The smallest absolute Gasteiger partial charge is 0.0551 e. The second-order valence-electron chi connectivity index (χ2n) is 4.41. The molecule has 1 nitrogen and oxygen atoms in total. The van der Waals surface area contributed by atoms with Gasteiger partial charge in [-0.05, 0) is 52.5 Å². The Labute approximate surface area is 112 Å². The summed E-state index contributed by atoms with van der Waals surface area (Å²) in [4.78, 5) is 0. The van der Waals surface area contributed by atoms with Crippen molar-refractivity contribution in [2.45, 2.75) is 33.2 Å². The van der Waals surface area contributed by atoms with Gasteiger partial charge in [0.25, 0.3) is 0 Å². The first-order valence-corrected chi connectivity index (χ1v) is 6.90. The third kappa shape index (κ3) is 4.08. The molecule has 0 aliphatic rings. The van der Waals surface area contributed by atoms with Crippen LogP contribution in [0.3, 0.4) is 0 Å². The number of nitrogens with one attached hydrogen (secondary N) is 1. The van der Waals surface area contributed by atoms with Crippen LogP contribution < -0.4 is 5.32 Å². The van der Waals surface area contributed by atoms with Crippen LogP contribution in [0.4, 0.5) is 0 Å². The lowest BCUT2D eigenvalue weighted by Gasteiger charge is -2.20. The first kappa shape index (κ1) is 14.0. The van der Waals surface area contributed by atoms with Crippen LogP contribution in [0.15, 0.2) is 22.7 Å². The number of halogens is 2. The maximum absolute atomic E-state index is 6.12.